The van der Waals surface area contributed by atoms with Gasteiger partial charge in [0.15, 0.2) is 0 Å². The molecule has 1 aliphatic heterocycles. The molecule has 2 aromatic rings. The molecule has 132 valence electrons. The van der Waals surface area contributed by atoms with Crippen LogP contribution in [0.1, 0.15) is 18.4 Å². The van der Waals surface area contributed by atoms with Crippen molar-refractivity contribution in [3.63, 3.8) is 0 Å². The molecule has 0 N–H and O–H groups in total. The number of rotatable bonds is 7. The van der Waals surface area contributed by atoms with Crippen LogP contribution in [-0.4, -0.2) is 32.4 Å². The molecule has 0 bridgehead atoms. The van der Waals surface area contributed by atoms with Crippen molar-refractivity contribution in [2.75, 3.05) is 31.4 Å². The van der Waals surface area contributed by atoms with E-state index in [0.717, 1.165) is 47.2 Å². The van der Waals surface area contributed by atoms with E-state index in [-0.39, 0.29) is 5.91 Å². The van der Waals surface area contributed by atoms with Crippen LogP contribution in [0.5, 0.6) is 11.5 Å². The summed E-state index contributed by atoms with van der Waals surface area (Å²) < 4.78 is 10.6. The van der Waals surface area contributed by atoms with Gasteiger partial charge in [-0.25, -0.2) is 0 Å². The van der Waals surface area contributed by atoms with E-state index in [4.69, 9.17) is 9.47 Å². The van der Waals surface area contributed by atoms with Crippen LogP contribution < -0.4 is 14.4 Å². The van der Waals surface area contributed by atoms with E-state index in [1.165, 1.54) is 5.56 Å². The second kappa shape index (κ2) is 8.30. The van der Waals surface area contributed by atoms with Gasteiger partial charge in [-0.1, -0.05) is 18.2 Å². The number of thioether (sulfide) groups is 1. The van der Waals surface area contributed by atoms with Crippen molar-refractivity contribution in [2.45, 2.75) is 24.2 Å². The van der Waals surface area contributed by atoms with Crippen LogP contribution in [0.3, 0.4) is 0 Å². The van der Waals surface area contributed by atoms with E-state index in [2.05, 4.69) is 6.07 Å². The fourth-order valence-corrected chi connectivity index (χ4v) is 4.00. The summed E-state index contributed by atoms with van der Waals surface area (Å²) in [6.07, 6.45) is 2.32. The highest BCUT2D eigenvalue weighted by Gasteiger charge is 2.24. The molecule has 0 radical (unpaired) electrons. The average Bonchev–Trinajstić information content (AvgIpc) is 3.08. The molecule has 1 amide bonds. The molecule has 0 saturated carbocycles. The Bertz CT molecular complexity index is 747. The molecule has 0 unspecified atom stereocenters. The topological polar surface area (TPSA) is 38.8 Å². The number of para-hydroxylation sites is 1. The van der Waals surface area contributed by atoms with Gasteiger partial charge in [0.25, 0.3) is 0 Å². The molecule has 0 fully saturated rings. The third kappa shape index (κ3) is 4.10. The molecule has 5 heteroatoms. The largest absolute Gasteiger partial charge is 0.497 e. The molecular formula is C20H23NO3S. The van der Waals surface area contributed by atoms with Crippen LogP contribution in [0.25, 0.3) is 0 Å². The Morgan fingerprint density at radius 1 is 1.16 bits per heavy atom. The minimum Gasteiger partial charge on any atom is -0.497 e. The first-order valence-electron chi connectivity index (χ1n) is 8.46. The van der Waals surface area contributed by atoms with Crippen molar-refractivity contribution in [1.29, 1.82) is 0 Å². The average molecular weight is 357 g/mol. The van der Waals surface area contributed by atoms with Gasteiger partial charge in [-0.2, -0.15) is 0 Å². The number of benzene rings is 2. The summed E-state index contributed by atoms with van der Waals surface area (Å²) in [6, 6.07) is 14.0. The van der Waals surface area contributed by atoms with E-state index in [1.807, 2.05) is 41.3 Å². The van der Waals surface area contributed by atoms with E-state index >= 15 is 0 Å². The highest BCUT2D eigenvalue weighted by atomic mass is 32.2. The van der Waals surface area contributed by atoms with Gasteiger partial charge in [0.2, 0.25) is 5.91 Å². The maximum Gasteiger partial charge on any atom is 0.227 e. The van der Waals surface area contributed by atoms with Crippen molar-refractivity contribution < 1.29 is 14.3 Å². The molecule has 0 saturated heterocycles. The number of carbonyl (C=O) groups excluding carboxylic acids is 1. The zero-order valence-corrected chi connectivity index (χ0v) is 15.5. The van der Waals surface area contributed by atoms with Gasteiger partial charge in [-0.05, 0) is 42.4 Å². The first kappa shape index (κ1) is 17.7. The van der Waals surface area contributed by atoms with Gasteiger partial charge >= 0.3 is 0 Å². The lowest BCUT2D eigenvalue weighted by Crippen LogP contribution is -2.28. The van der Waals surface area contributed by atoms with Gasteiger partial charge in [-0.15, -0.1) is 11.8 Å². The molecule has 4 nitrogen and oxygen atoms in total. The predicted molar refractivity (Wildman–Crippen MR) is 102 cm³/mol. The minimum absolute atomic E-state index is 0.188. The Morgan fingerprint density at radius 2 is 2.00 bits per heavy atom. The molecule has 25 heavy (non-hydrogen) atoms. The molecule has 0 atom stereocenters. The maximum absolute atomic E-state index is 12.6. The third-order valence-corrected chi connectivity index (χ3v) is 5.49. The number of hydrogen-bond acceptors (Lipinski definition) is 4. The van der Waals surface area contributed by atoms with Gasteiger partial charge in [-0.3, -0.25) is 4.79 Å². The van der Waals surface area contributed by atoms with Gasteiger partial charge in [0.05, 0.1) is 19.9 Å². The quantitative estimate of drug-likeness (QED) is 0.551. The summed E-state index contributed by atoms with van der Waals surface area (Å²) in [5.74, 6) is 2.77. The van der Waals surface area contributed by atoms with Crippen LogP contribution in [0.15, 0.2) is 47.4 Å². The smallest absolute Gasteiger partial charge is 0.227 e. The summed E-state index contributed by atoms with van der Waals surface area (Å²) in [5.41, 5.74) is 2.22. The van der Waals surface area contributed by atoms with Crippen LogP contribution in [-0.2, 0) is 11.2 Å². The lowest BCUT2D eigenvalue weighted by molar-refractivity contribution is -0.118. The Balaban J connectivity index is 1.53. The minimum atomic E-state index is 0.188. The number of ether oxygens (including phenoxy) is 2. The van der Waals surface area contributed by atoms with E-state index in [0.29, 0.717) is 6.42 Å². The predicted octanol–water partition coefficient (Wildman–Crippen LogP) is 4.17. The Kier molecular flexibility index (Phi) is 5.87. The zero-order chi connectivity index (χ0) is 17.6. The molecular weight excluding hydrogens is 334 g/mol. The van der Waals surface area contributed by atoms with Gasteiger partial charge in [0.1, 0.15) is 11.5 Å². The summed E-state index contributed by atoms with van der Waals surface area (Å²) in [5, 5.41) is 0. The SMILES string of the molecule is COc1ccc2c(c1)N(C(=O)CCCSc1ccccc1OC)CC2. The molecule has 2 aromatic carbocycles. The standard InChI is InChI=1S/C20H23NO3S/c1-23-16-10-9-15-11-12-21(17(15)14-16)20(22)8-5-13-25-19-7-4-3-6-18(19)24-2/h3-4,6-7,9-10,14H,5,8,11-13H2,1-2H3. The van der Waals surface area contributed by atoms with Crippen LogP contribution >= 0.6 is 11.8 Å². The molecule has 0 aromatic heterocycles. The fourth-order valence-electron chi connectivity index (χ4n) is 3.02. The Hall–Kier alpha value is -2.14. The first-order chi connectivity index (χ1) is 12.2. The third-order valence-electron chi connectivity index (χ3n) is 4.35. The second-order valence-corrected chi connectivity index (χ2v) is 7.03. The first-order valence-corrected chi connectivity index (χ1v) is 9.44. The molecule has 0 spiro atoms. The Morgan fingerprint density at radius 3 is 2.80 bits per heavy atom. The number of nitrogens with zero attached hydrogens (tertiary/aromatic N) is 1. The zero-order valence-electron chi connectivity index (χ0n) is 14.7. The van der Waals surface area contributed by atoms with Crippen molar-refractivity contribution >= 4 is 23.4 Å². The van der Waals surface area contributed by atoms with Crippen molar-refractivity contribution in [2.24, 2.45) is 0 Å². The highest BCUT2D eigenvalue weighted by Crippen LogP contribution is 2.33. The molecule has 0 aliphatic carbocycles. The number of methoxy groups -OCH3 is 2. The second-order valence-electron chi connectivity index (χ2n) is 5.89. The Labute approximate surface area is 153 Å². The summed E-state index contributed by atoms with van der Waals surface area (Å²) in [7, 11) is 3.33. The van der Waals surface area contributed by atoms with Crippen molar-refractivity contribution in [1.82, 2.24) is 0 Å². The van der Waals surface area contributed by atoms with E-state index < -0.39 is 0 Å². The maximum atomic E-state index is 12.6. The monoisotopic (exact) mass is 357 g/mol. The fraction of sp³-hybridized carbons (Fsp3) is 0.350. The number of hydrogen-bond donors (Lipinski definition) is 0. The molecule has 1 aliphatic rings. The van der Waals surface area contributed by atoms with Crippen LogP contribution in [0.4, 0.5) is 5.69 Å². The summed E-state index contributed by atoms with van der Waals surface area (Å²) >= 11 is 1.73. The number of carbonyl (C=O) groups is 1. The van der Waals surface area contributed by atoms with Crippen LogP contribution in [0.2, 0.25) is 0 Å². The number of fused-ring (bicyclic) bond motifs is 1. The molecule has 1 heterocycles. The van der Waals surface area contributed by atoms with Crippen molar-refractivity contribution in [3.05, 3.63) is 48.0 Å². The lowest BCUT2D eigenvalue weighted by Gasteiger charge is -2.18. The van der Waals surface area contributed by atoms with Gasteiger partial charge in [0, 0.05) is 23.9 Å². The summed E-state index contributed by atoms with van der Waals surface area (Å²) in [4.78, 5) is 15.6. The van der Waals surface area contributed by atoms with Crippen LogP contribution in [0, 0.1) is 0 Å². The lowest BCUT2D eigenvalue weighted by atomic mass is 10.1. The number of anilines is 1. The normalized spacial score (nSPS) is 12.8. The number of amides is 1. The van der Waals surface area contributed by atoms with Gasteiger partial charge < -0.3 is 14.4 Å². The van der Waals surface area contributed by atoms with E-state index in [9.17, 15) is 4.79 Å². The van der Waals surface area contributed by atoms with E-state index in [1.54, 1.807) is 26.0 Å². The van der Waals surface area contributed by atoms with Crippen molar-refractivity contribution in [3.8, 4) is 11.5 Å². The highest BCUT2D eigenvalue weighted by molar-refractivity contribution is 7.99. The molecule has 3 rings (SSSR count). The summed E-state index contributed by atoms with van der Waals surface area (Å²) in [6.45, 7) is 0.765.